The highest BCUT2D eigenvalue weighted by Crippen LogP contribution is 2.08. The molecule has 0 aromatic carbocycles. The average molecular weight is 191 g/mol. The summed E-state index contributed by atoms with van der Waals surface area (Å²) in [5.41, 5.74) is 6.84. The maximum absolute atomic E-state index is 5.72. The molecule has 2 rings (SSSR count). The standard InChI is InChI=1S/C9H13N5/c1-13(2)5-7-3-11-9-12-4-8(10)14(9)6-7/h3-4,6H,5,10H2,1-2H3. The minimum Gasteiger partial charge on any atom is -0.383 e. The van der Waals surface area contributed by atoms with Crippen LogP contribution in [0.2, 0.25) is 0 Å². The zero-order chi connectivity index (χ0) is 10.1. The van der Waals surface area contributed by atoms with Crippen molar-refractivity contribution >= 4 is 11.6 Å². The molecule has 74 valence electrons. The summed E-state index contributed by atoms with van der Waals surface area (Å²) in [7, 11) is 4.03. The molecule has 0 radical (unpaired) electrons. The van der Waals surface area contributed by atoms with Crippen molar-refractivity contribution < 1.29 is 0 Å². The maximum Gasteiger partial charge on any atom is 0.235 e. The lowest BCUT2D eigenvalue weighted by Gasteiger charge is -2.09. The van der Waals surface area contributed by atoms with Gasteiger partial charge in [-0.2, -0.15) is 0 Å². The number of hydrogen-bond donors (Lipinski definition) is 1. The van der Waals surface area contributed by atoms with Gasteiger partial charge in [0.25, 0.3) is 0 Å². The Labute approximate surface area is 82.2 Å². The number of imidazole rings is 1. The highest BCUT2D eigenvalue weighted by Gasteiger charge is 2.02. The first kappa shape index (κ1) is 8.96. The molecule has 0 aliphatic carbocycles. The van der Waals surface area contributed by atoms with E-state index in [0.29, 0.717) is 11.6 Å². The largest absolute Gasteiger partial charge is 0.383 e. The topological polar surface area (TPSA) is 59.5 Å². The van der Waals surface area contributed by atoms with E-state index < -0.39 is 0 Å². The number of nitrogens with two attached hydrogens (primary N) is 1. The Bertz CT molecular complexity index is 445. The van der Waals surface area contributed by atoms with Crippen molar-refractivity contribution in [3.8, 4) is 0 Å². The van der Waals surface area contributed by atoms with E-state index in [4.69, 9.17) is 5.73 Å². The molecule has 0 aliphatic rings. The van der Waals surface area contributed by atoms with Crippen LogP contribution in [0.1, 0.15) is 5.56 Å². The molecule has 5 heteroatoms. The molecule has 0 saturated carbocycles. The van der Waals surface area contributed by atoms with Crippen molar-refractivity contribution in [3.63, 3.8) is 0 Å². The fourth-order valence-corrected chi connectivity index (χ4v) is 1.38. The summed E-state index contributed by atoms with van der Waals surface area (Å²) in [6, 6.07) is 0. The molecule has 0 atom stereocenters. The van der Waals surface area contributed by atoms with Gasteiger partial charge in [0.15, 0.2) is 0 Å². The van der Waals surface area contributed by atoms with E-state index in [1.807, 2.05) is 26.5 Å². The van der Waals surface area contributed by atoms with Crippen molar-refractivity contribution in [1.82, 2.24) is 19.3 Å². The van der Waals surface area contributed by atoms with Crippen LogP contribution in [0.25, 0.3) is 5.78 Å². The van der Waals surface area contributed by atoms with E-state index in [1.165, 1.54) is 0 Å². The molecule has 0 unspecified atom stereocenters. The normalized spacial score (nSPS) is 11.4. The van der Waals surface area contributed by atoms with Crippen LogP contribution < -0.4 is 5.73 Å². The summed E-state index contributed by atoms with van der Waals surface area (Å²) in [4.78, 5) is 10.3. The van der Waals surface area contributed by atoms with Crippen molar-refractivity contribution in [2.24, 2.45) is 0 Å². The lowest BCUT2D eigenvalue weighted by atomic mass is 10.3. The fourth-order valence-electron chi connectivity index (χ4n) is 1.38. The molecule has 0 saturated heterocycles. The van der Waals surface area contributed by atoms with Gasteiger partial charge < -0.3 is 10.6 Å². The molecular formula is C9H13N5. The Kier molecular flexibility index (Phi) is 2.09. The van der Waals surface area contributed by atoms with E-state index >= 15 is 0 Å². The molecule has 14 heavy (non-hydrogen) atoms. The Morgan fingerprint density at radius 3 is 2.79 bits per heavy atom. The molecule has 0 bridgehead atoms. The number of nitrogen functional groups attached to an aromatic ring is 1. The molecule has 5 nitrogen and oxygen atoms in total. The lowest BCUT2D eigenvalue weighted by molar-refractivity contribution is 0.401. The Morgan fingerprint density at radius 2 is 2.07 bits per heavy atom. The van der Waals surface area contributed by atoms with Crippen molar-refractivity contribution in [2.75, 3.05) is 19.8 Å². The Balaban J connectivity index is 2.44. The first-order valence-electron chi connectivity index (χ1n) is 4.39. The number of nitrogens with zero attached hydrogens (tertiary/aromatic N) is 4. The van der Waals surface area contributed by atoms with Crippen LogP contribution in [0.4, 0.5) is 5.82 Å². The molecular weight excluding hydrogens is 178 g/mol. The summed E-state index contributed by atoms with van der Waals surface area (Å²) < 4.78 is 1.79. The minimum atomic E-state index is 0.619. The zero-order valence-corrected chi connectivity index (χ0v) is 8.31. The molecule has 2 aromatic rings. The summed E-state index contributed by atoms with van der Waals surface area (Å²) in [6.07, 6.45) is 5.40. The molecule has 0 amide bonds. The predicted molar refractivity (Wildman–Crippen MR) is 54.8 cm³/mol. The highest BCUT2D eigenvalue weighted by atomic mass is 15.1. The Morgan fingerprint density at radius 1 is 1.36 bits per heavy atom. The van der Waals surface area contributed by atoms with Crippen LogP contribution in [0, 0.1) is 0 Å². The van der Waals surface area contributed by atoms with Crippen LogP contribution in [0.15, 0.2) is 18.6 Å². The number of aromatic nitrogens is 3. The van der Waals surface area contributed by atoms with Gasteiger partial charge in [-0.25, -0.2) is 9.97 Å². The quantitative estimate of drug-likeness (QED) is 0.745. The second kappa shape index (κ2) is 3.26. The second-order valence-corrected chi connectivity index (χ2v) is 3.55. The first-order valence-corrected chi connectivity index (χ1v) is 4.39. The molecule has 2 aromatic heterocycles. The highest BCUT2D eigenvalue weighted by molar-refractivity contribution is 5.42. The second-order valence-electron chi connectivity index (χ2n) is 3.55. The fraction of sp³-hybridized carbons (Fsp3) is 0.333. The Hall–Kier alpha value is -1.62. The molecule has 0 aliphatic heterocycles. The van der Waals surface area contributed by atoms with Gasteiger partial charge in [0.2, 0.25) is 5.78 Å². The number of anilines is 1. The average Bonchev–Trinajstić information content (AvgIpc) is 2.47. The van der Waals surface area contributed by atoms with Gasteiger partial charge >= 0.3 is 0 Å². The van der Waals surface area contributed by atoms with Gasteiger partial charge in [-0.3, -0.25) is 4.40 Å². The van der Waals surface area contributed by atoms with Crippen LogP contribution in [-0.2, 0) is 6.54 Å². The van der Waals surface area contributed by atoms with Gasteiger partial charge in [0, 0.05) is 24.5 Å². The summed E-state index contributed by atoms with van der Waals surface area (Å²) in [6.45, 7) is 0.848. The summed E-state index contributed by atoms with van der Waals surface area (Å²) in [5, 5.41) is 0. The van der Waals surface area contributed by atoms with Crippen molar-refractivity contribution in [1.29, 1.82) is 0 Å². The molecule has 0 spiro atoms. The lowest BCUT2D eigenvalue weighted by Crippen LogP contribution is -2.11. The number of hydrogen-bond acceptors (Lipinski definition) is 4. The third kappa shape index (κ3) is 1.54. The molecule has 2 heterocycles. The first-order chi connectivity index (χ1) is 6.66. The third-order valence-electron chi connectivity index (χ3n) is 1.95. The van der Waals surface area contributed by atoms with Crippen LogP contribution in [-0.4, -0.2) is 33.4 Å². The van der Waals surface area contributed by atoms with Crippen molar-refractivity contribution in [3.05, 3.63) is 24.2 Å². The minimum absolute atomic E-state index is 0.619. The van der Waals surface area contributed by atoms with E-state index in [-0.39, 0.29) is 0 Å². The van der Waals surface area contributed by atoms with E-state index in [1.54, 1.807) is 10.6 Å². The smallest absolute Gasteiger partial charge is 0.235 e. The van der Waals surface area contributed by atoms with Crippen LogP contribution >= 0.6 is 0 Å². The SMILES string of the molecule is CN(C)Cc1cnc2ncc(N)n2c1. The van der Waals surface area contributed by atoms with Gasteiger partial charge in [-0.15, -0.1) is 0 Å². The maximum atomic E-state index is 5.72. The summed E-state index contributed by atoms with van der Waals surface area (Å²) in [5.74, 6) is 1.26. The molecule has 0 fully saturated rings. The predicted octanol–water partition coefficient (Wildman–Crippen LogP) is 0.373. The van der Waals surface area contributed by atoms with Gasteiger partial charge in [-0.05, 0) is 14.1 Å². The monoisotopic (exact) mass is 191 g/mol. The third-order valence-corrected chi connectivity index (χ3v) is 1.95. The zero-order valence-electron chi connectivity index (χ0n) is 8.31. The van der Waals surface area contributed by atoms with Crippen LogP contribution in [0.3, 0.4) is 0 Å². The van der Waals surface area contributed by atoms with Crippen molar-refractivity contribution in [2.45, 2.75) is 6.54 Å². The van der Waals surface area contributed by atoms with Crippen LogP contribution in [0.5, 0.6) is 0 Å². The van der Waals surface area contributed by atoms with Gasteiger partial charge in [-0.1, -0.05) is 0 Å². The van der Waals surface area contributed by atoms with E-state index in [0.717, 1.165) is 12.1 Å². The van der Waals surface area contributed by atoms with Gasteiger partial charge in [0.05, 0.1) is 6.20 Å². The molecule has 2 N–H and O–H groups in total. The number of fused-ring (bicyclic) bond motifs is 1. The van der Waals surface area contributed by atoms with E-state index in [9.17, 15) is 0 Å². The van der Waals surface area contributed by atoms with Gasteiger partial charge in [0.1, 0.15) is 5.82 Å². The summed E-state index contributed by atoms with van der Waals surface area (Å²) >= 11 is 0. The van der Waals surface area contributed by atoms with E-state index in [2.05, 4.69) is 14.9 Å². The number of rotatable bonds is 2.